The molecule has 0 radical (unpaired) electrons. The molecule has 156 valence electrons. The number of para-hydroxylation sites is 1. The number of benzene rings is 2. The van der Waals surface area contributed by atoms with Gasteiger partial charge in [0.2, 0.25) is 0 Å². The number of carbonyl (C=O) groups excluding carboxylic acids is 1. The molecule has 0 aliphatic rings. The Morgan fingerprint density at radius 2 is 1.69 bits per heavy atom. The lowest BCUT2D eigenvalue weighted by Crippen LogP contribution is -2.19. The summed E-state index contributed by atoms with van der Waals surface area (Å²) in [6.45, 7) is 8.25. The molecule has 2 rings (SSSR count). The van der Waals surface area contributed by atoms with Crippen LogP contribution in [0.25, 0.3) is 0 Å². The van der Waals surface area contributed by atoms with Crippen LogP contribution in [0.3, 0.4) is 0 Å². The molecule has 0 aliphatic heterocycles. The third-order valence-corrected chi connectivity index (χ3v) is 4.54. The van der Waals surface area contributed by atoms with E-state index in [9.17, 15) is 4.79 Å². The molecule has 0 atom stereocenters. The number of nitrogens with one attached hydrogen (secondary N) is 1. The van der Waals surface area contributed by atoms with Gasteiger partial charge in [-0.3, -0.25) is 4.79 Å². The molecule has 0 saturated carbocycles. The van der Waals surface area contributed by atoms with Crippen LogP contribution in [0, 0.1) is 0 Å². The molecule has 29 heavy (non-hydrogen) atoms. The van der Waals surface area contributed by atoms with E-state index in [-0.39, 0.29) is 12.5 Å². The van der Waals surface area contributed by atoms with E-state index in [1.54, 1.807) is 32.4 Å². The summed E-state index contributed by atoms with van der Waals surface area (Å²) in [7, 11) is 3.16. The maximum absolute atomic E-state index is 12.4. The molecule has 1 N–H and O–H groups in total. The van der Waals surface area contributed by atoms with Gasteiger partial charge in [-0.25, -0.2) is 0 Å². The zero-order valence-corrected chi connectivity index (χ0v) is 18.0. The molecule has 1 amide bonds. The summed E-state index contributed by atoms with van der Waals surface area (Å²) in [5, 5.41) is 6.90. The van der Waals surface area contributed by atoms with E-state index in [4.69, 9.17) is 14.3 Å². The molecule has 0 heterocycles. The first-order valence-electron chi connectivity index (χ1n) is 9.67. The Hall–Kier alpha value is -3.02. The fourth-order valence-electron chi connectivity index (χ4n) is 3.00. The van der Waals surface area contributed by atoms with Crippen LogP contribution in [-0.2, 0) is 9.63 Å². The Kier molecular flexibility index (Phi) is 8.07. The highest BCUT2D eigenvalue weighted by atomic mass is 16.6. The van der Waals surface area contributed by atoms with Crippen molar-refractivity contribution in [2.45, 2.75) is 39.5 Å². The Labute approximate surface area is 172 Å². The molecule has 6 nitrogen and oxygen atoms in total. The van der Waals surface area contributed by atoms with Crippen molar-refractivity contribution in [1.82, 2.24) is 0 Å². The number of carbonyl (C=O) groups is 1. The van der Waals surface area contributed by atoms with Crippen molar-refractivity contribution in [1.29, 1.82) is 0 Å². The molecule has 0 aromatic heterocycles. The molecule has 2 aromatic carbocycles. The lowest BCUT2D eigenvalue weighted by atomic mass is 9.92. The fraction of sp³-hybridized carbons (Fsp3) is 0.391. The summed E-state index contributed by atoms with van der Waals surface area (Å²) >= 11 is 0. The number of hydrogen-bond donors (Lipinski definition) is 1. The van der Waals surface area contributed by atoms with Gasteiger partial charge >= 0.3 is 0 Å². The Morgan fingerprint density at radius 3 is 2.24 bits per heavy atom. The Balaban J connectivity index is 2.05. The van der Waals surface area contributed by atoms with Crippen molar-refractivity contribution in [2.24, 2.45) is 5.16 Å². The van der Waals surface area contributed by atoms with Crippen LogP contribution >= 0.6 is 0 Å². The first-order valence-corrected chi connectivity index (χ1v) is 9.67. The standard InChI is InChI=1S/C23H30N2O4/c1-15(2)19-8-7-9-20(16(3)4)23(19)25-22(26)14-29-24-13-17-12-18(27-5)10-11-21(17)28-6/h7-13,15-16H,14H2,1-6H3,(H,25,26)/b24-13-. The predicted octanol–water partition coefficient (Wildman–Crippen LogP) is 4.94. The highest BCUT2D eigenvalue weighted by molar-refractivity contribution is 5.93. The summed E-state index contributed by atoms with van der Waals surface area (Å²) in [5.41, 5.74) is 3.77. The van der Waals surface area contributed by atoms with Crippen LogP contribution in [0.4, 0.5) is 5.69 Å². The lowest BCUT2D eigenvalue weighted by Gasteiger charge is -2.19. The van der Waals surface area contributed by atoms with Gasteiger partial charge in [0, 0.05) is 11.3 Å². The first kappa shape index (κ1) is 22.3. The molecule has 0 fully saturated rings. The minimum Gasteiger partial charge on any atom is -0.497 e. The van der Waals surface area contributed by atoms with Gasteiger partial charge in [-0.2, -0.15) is 0 Å². The Bertz CT molecular complexity index is 834. The molecule has 0 spiro atoms. The number of anilines is 1. The average molecular weight is 399 g/mol. The van der Waals surface area contributed by atoms with Gasteiger partial charge in [-0.15, -0.1) is 0 Å². The van der Waals surface area contributed by atoms with E-state index < -0.39 is 0 Å². The maximum atomic E-state index is 12.4. The smallest absolute Gasteiger partial charge is 0.265 e. The third kappa shape index (κ3) is 5.98. The zero-order valence-electron chi connectivity index (χ0n) is 18.0. The number of methoxy groups -OCH3 is 2. The lowest BCUT2D eigenvalue weighted by molar-refractivity contribution is -0.120. The second-order valence-electron chi connectivity index (χ2n) is 7.28. The highest BCUT2D eigenvalue weighted by Gasteiger charge is 2.16. The third-order valence-electron chi connectivity index (χ3n) is 4.54. The summed E-state index contributed by atoms with van der Waals surface area (Å²) < 4.78 is 10.5. The van der Waals surface area contributed by atoms with Crippen molar-refractivity contribution >= 4 is 17.8 Å². The van der Waals surface area contributed by atoms with Crippen LogP contribution in [0.15, 0.2) is 41.6 Å². The van der Waals surface area contributed by atoms with Crippen molar-refractivity contribution in [3.8, 4) is 11.5 Å². The van der Waals surface area contributed by atoms with Gasteiger partial charge in [0.25, 0.3) is 5.91 Å². The van der Waals surface area contributed by atoms with E-state index in [0.29, 0.717) is 28.9 Å². The van der Waals surface area contributed by atoms with Gasteiger partial charge in [-0.05, 0) is 41.2 Å². The topological polar surface area (TPSA) is 69.1 Å². The minimum atomic E-state index is -0.255. The van der Waals surface area contributed by atoms with Gasteiger partial charge in [0.1, 0.15) is 11.5 Å². The minimum absolute atomic E-state index is 0.188. The van der Waals surface area contributed by atoms with Gasteiger partial charge in [0.05, 0.1) is 20.4 Å². The molecule has 0 aliphatic carbocycles. The predicted molar refractivity (Wildman–Crippen MR) is 116 cm³/mol. The first-order chi connectivity index (χ1) is 13.9. The molecular formula is C23H30N2O4. The zero-order chi connectivity index (χ0) is 21.4. The maximum Gasteiger partial charge on any atom is 0.265 e. The van der Waals surface area contributed by atoms with Crippen LogP contribution in [0.2, 0.25) is 0 Å². The number of nitrogens with zero attached hydrogens (tertiary/aromatic N) is 1. The number of oxime groups is 1. The largest absolute Gasteiger partial charge is 0.497 e. The van der Waals surface area contributed by atoms with Crippen LogP contribution < -0.4 is 14.8 Å². The van der Waals surface area contributed by atoms with Gasteiger partial charge in [-0.1, -0.05) is 51.0 Å². The molecule has 0 bridgehead atoms. The molecular weight excluding hydrogens is 368 g/mol. The molecule has 0 unspecified atom stereocenters. The number of amides is 1. The van der Waals surface area contributed by atoms with E-state index in [1.165, 1.54) is 6.21 Å². The van der Waals surface area contributed by atoms with Crippen LogP contribution in [-0.4, -0.2) is 32.9 Å². The number of hydrogen-bond acceptors (Lipinski definition) is 5. The molecule has 2 aromatic rings. The van der Waals surface area contributed by atoms with Crippen molar-refractivity contribution < 1.29 is 19.1 Å². The second-order valence-corrected chi connectivity index (χ2v) is 7.28. The number of rotatable bonds is 9. The van der Waals surface area contributed by atoms with Crippen LogP contribution in [0.1, 0.15) is 56.2 Å². The van der Waals surface area contributed by atoms with E-state index >= 15 is 0 Å². The van der Waals surface area contributed by atoms with Gasteiger partial charge in [0.15, 0.2) is 6.61 Å². The Morgan fingerprint density at radius 1 is 1.03 bits per heavy atom. The molecule has 6 heteroatoms. The van der Waals surface area contributed by atoms with Crippen molar-refractivity contribution in [2.75, 3.05) is 26.1 Å². The van der Waals surface area contributed by atoms with Crippen LogP contribution in [0.5, 0.6) is 11.5 Å². The number of ether oxygens (including phenoxy) is 2. The summed E-state index contributed by atoms with van der Waals surface area (Å²) in [5.74, 6) is 1.65. The fourth-order valence-corrected chi connectivity index (χ4v) is 3.00. The van der Waals surface area contributed by atoms with E-state index in [1.807, 2.05) is 18.2 Å². The van der Waals surface area contributed by atoms with Crippen molar-refractivity contribution in [3.05, 3.63) is 53.1 Å². The summed E-state index contributed by atoms with van der Waals surface area (Å²) in [6, 6.07) is 11.5. The second kappa shape index (κ2) is 10.5. The summed E-state index contributed by atoms with van der Waals surface area (Å²) in [4.78, 5) is 17.6. The monoisotopic (exact) mass is 398 g/mol. The molecule has 0 saturated heterocycles. The van der Waals surface area contributed by atoms with Gasteiger partial charge < -0.3 is 19.6 Å². The van der Waals surface area contributed by atoms with E-state index in [2.05, 4.69) is 38.2 Å². The SMILES string of the molecule is COc1ccc(OC)c(/C=N\OCC(=O)Nc2c(C(C)C)cccc2C(C)C)c1. The normalized spacial score (nSPS) is 11.2. The highest BCUT2D eigenvalue weighted by Crippen LogP contribution is 2.32. The van der Waals surface area contributed by atoms with E-state index in [0.717, 1.165) is 16.8 Å². The quantitative estimate of drug-likeness (QED) is 0.480. The van der Waals surface area contributed by atoms with Crippen molar-refractivity contribution in [3.63, 3.8) is 0 Å². The average Bonchev–Trinajstić information content (AvgIpc) is 2.70. The summed E-state index contributed by atoms with van der Waals surface area (Å²) in [6.07, 6.45) is 1.50.